The molecule has 2 rings (SSSR count). The summed E-state index contributed by atoms with van der Waals surface area (Å²) in [5.74, 6) is -0.673. The van der Waals surface area contributed by atoms with Crippen LogP contribution in [0.25, 0.3) is 0 Å². The first-order chi connectivity index (χ1) is 10.0. The van der Waals surface area contributed by atoms with Gasteiger partial charge in [-0.3, -0.25) is 10.1 Å². The maximum absolute atomic E-state index is 12.8. The Bertz CT molecular complexity index is 706. The van der Waals surface area contributed by atoms with Crippen molar-refractivity contribution in [2.24, 2.45) is 10.9 Å². The van der Waals surface area contributed by atoms with E-state index in [1.807, 2.05) is 0 Å². The number of hydrogen-bond donors (Lipinski definition) is 2. The monoisotopic (exact) mass is 308 g/mol. The van der Waals surface area contributed by atoms with Gasteiger partial charge >= 0.3 is 5.69 Å². The molecule has 0 aliphatic rings. The molecule has 0 saturated heterocycles. The Labute approximate surface area is 122 Å². The van der Waals surface area contributed by atoms with Crippen LogP contribution >= 0.6 is 11.8 Å². The highest BCUT2D eigenvalue weighted by molar-refractivity contribution is 7.99. The summed E-state index contributed by atoms with van der Waals surface area (Å²) in [5, 5.41) is 22.5. The molecule has 0 fully saturated rings. The summed E-state index contributed by atoms with van der Waals surface area (Å²) < 4.78 is 12.8. The predicted octanol–water partition coefficient (Wildman–Crippen LogP) is 2.37. The van der Waals surface area contributed by atoms with E-state index in [0.717, 1.165) is 17.8 Å². The predicted molar refractivity (Wildman–Crippen MR) is 73.9 cm³/mol. The van der Waals surface area contributed by atoms with E-state index in [0.29, 0.717) is 4.90 Å². The maximum atomic E-state index is 12.8. The van der Waals surface area contributed by atoms with Crippen molar-refractivity contribution in [3.05, 3.63) is 58.0 Å². The molecule has 0 amide bonds. The average molecular weight is 308 g/mol. The smallest absolute Gasteiger partial charge is 0.302 e. The highest BCUT2D eigenvalue weighted by Crippen LogP contribution is 2.33. The number of benzene rings is 1. The molecule has 1 aromatic heterocycles. The van der Waals surface area contributed by atoms with Crippen LogP contribution in [0, 0.1) is 15.9 Å². The number of nitrogens with zero attached hydrogens (tertiary/aromatic N) is 3. The topological polar surface area (TPSA) is 115 Å². The minimum Gasteiger partial charge on any atom is -0.409 e. The normalized spacial score (nSPS) is 11.4. The van der Waals surface area contributed by atoms with Gasteiger partial charge < -0.3 is 10.9 Å². The third-order valence-corrected chi connectivity index (χ3v) is 3.48. The second-order valence-electron chi connectivity index (χ2n) is 3.85. The third-order valence-electron chi connectivity index (χ3n) is 2.46. The molecule has 7 nitrogen and oxygen atoms in total. The van der Waals surface area contributed by atoms with Gasteiger partial charge in [0.2, 0.25) is 0 Å². The van der Waals surface area contributed by atoms with Gasteiger partial charge in [0, 0.05) is 22.7 Å². The molecule has 2 aromatic rings. The van der Waals surface area contributed by atoms with Gasteiger partial charge in [-0.1, -0.05) is 16.9 Å². The summed E-state index contributed by atoms with van der Waals surface area (Å²) in [6, 6.07) is 6.64. The van der Waals surface area contributed by atoms with E-state index in [-0.39, 0.29) is 22.1 Å². The molecule has 3 N–H and O–H groups in total. The quantitative estimate of drug-likeness (QED) is 0.294. The lowest BCUT2D eigenvalue weighted by atomic mass is 10.2. The highest BCUT2D eigenvalue weighted by Gasteiger charge is 2.18. The number of hydrogen-bond acceptors (Lipinski definition) is 6. The van der Waals surface area contributed by atoms with Gasteiger partial charge in [-0.05, 0) is 24.3 Å². The molecule has 0 spiro atoms. The molecular weight excluding hydrogens is 299 g/mol. The molecule has 1 aromatic carbocycles. The lowest BCUT2D eigenvalue weighted by Crippen LogP contribution is -2.14. The van der Waals surface area contributed by atoms with Crippen LogP contribution in [0.5, 0.6) is 0 Å². The molecule has 0 bridgehead atoms. The van der Waals surface area contributed by atoms with Gasteiger partial charge in [-0.15, -0.1) is 0 Å². The Morgan fingerprint density at radius 1 is 1.43 bits per heavy atom. The third kappa shape index (κ3) is 3.45. The van der Waals surface area contributed by atoms with Crippen molar-refractivity contribution in [3.63, 3.8) is 0 Å². The van der Waals surface area contributed by atoms with E-state index in [9.17, 15) is 14.5 Å². The van der Waals surface area contributed by atoms with Crippen molar-refractivity contribution in [2.45, 2.75) is 9.92 Å². The van der Waals surface area contributed by atoms with Gasteiger partial charge in [-0.25, -0.2) is 9.37 Å². The number of amidine groups is 1. The van der Waals surface area contributed by atoms with Crippen LogP contribution in [0.2, 0.25) is 0 Å². The van der Waals surface area contributed by atoms with Crippen LogP contribution in [0.3, 0.4) is 0 Å². The second-order valence-corrected chi connectivity index (χ2v) is 4.91. The Kier molecular flexibility index (Phi) is 4.33. The van der Waals surface area contributed by atoms with Crippen molar-refractivity contribution in [1.29, 1.82) is 0 Å². The Balaban J connectivity index is 2.39. The fraction of sp³-hybridized carbons (Fsp3) is 0. The van der Waals surface area contributed by atoms with Crippen LogP contribution in [-0.2, 0) is 0 Å². The van der Waals surface area contributed by atoms with E-state index >= 15 is 0 Å². The number of nitro groups is 1. The summed E-state index contributed by atoms with van der Waals surface area (Å²) in [4.78, 5) is 15.0. The van der Waals surface area contributed by atoms with Crippen LogP contribution in [0.15, 0.2) is 51.6 Å². The lowest BCUT2D eigenvalue weighted by Gasteiger charge is -2.04. The first-order valence-electron chi connectivity index (χ1n) is 5.57. The summed E-state index contributed by atoms with van der Waals surface area (Å²) in [6.45, 7) is 0. The summed E-state index contributed by atoms with van der Waals surface area (Å²) in [5.41, 5.74) is 5.22. The molecule has 0 radical (unpaired) electrons. The molecule has 0 atom stereocenters. The van der Waals surface area contributed by atoms with Gasteiger partial charge in [0.05, 0.1) is 4.92 Å². The van der Waals surface area contributed by atoms with E-state index in [1.54, 1.807) is 0 Å². The number of halogens is 1. The first-order valence-corrected chi connectivity index (χ1v) is 6.38. The zero-order valence-corrected chi connectivity index (χ0v) is 11.2. The maximum Gasteiger partial charge on any atom is 0.302 e. The standard InChI is InChI=1S/C12H9FN4O3S/c13-8-1-3-9(4-2-8)21-12-10(17(19)20)5-7(6-15-12)11(14)16-18/h1-6,18H,(H2,14,16). The number of nitrogens with two attached hydrogens (primary N) is 1. The van der Waals surface area contributed by atoms with E-state index < -0.39 is 10.7 Å². The summed E-state index contributed by atoms with van der Waals surface area (Å²) in [6.07, 6.45) is 1.26. The Morgan fingerprint density at radius 3 is 2.67 bits per heavy atom. The zero-order chi connectivity index (χ0) is 15.4. The van der Waals surface area contributed by atoms with Gasteiger partial charge in [0.15, 0.2) is 10.9 Å². The molecule has 0 saturated carbocycles. The highest BCUT2D eigenvalue weighted by atomic mass is 32.2. The molecule has 9 heteroatoms. The summed E-state index contributed by atoms with van der Waals surface area (Å²) in [7, 11) is 0. The average Bonchev–Trinajstić information content (AvgIpc) is 2.49. The van der Waals surface area contributed by atoms with Gasteiger partial charge in [-0.2, -0.15) is 0 Å². The fourth-order valence-electron chi connectivity index (χ4n) is 1.46. The zero-order valence-electron chi connectivity index (χ0n) is 10.4. The van der Waals surface area contributed by atoms with E-state index in [1.165, 1.54) is 30.5 Å². The number of pyridine rings is 1. The number of aromatic nitrogens is 1. The molecule has 1 heterocycles. The summed E-state index contributed by atoms with van der Waals surface area (Å²) >= 11 is 1.02. The molecule has 21 heavy (non-hydrogen) atoms. The van der Waals surface area contributed by atoms with E-state index in [2.05, 4.69) is 10.1 Å². The minimum atomic E-state index is -0.618. The van der Waals surface area contributed by atoms with Crippen LogP contribution in [0.4, 0.5) is 10.1 Å². The molecule has 0 unspecified atom stereocenters. The first kappa shape index (κ1) is 14.7. The van der Waals surface area contributed by atoms with Crippen molar-refractivity contribution in [2.75, 3.05) is 0 Å². The molecule has 0 aliphatic carbocycles. The lowest BCUT2D eigenvalue weighted by molar-refractivity contribution is -0.388. The van der Waals surface area contributed by atoms with Crippen molar-refractivity contribution in [1.82, 2.24) is 4.98 Å². The van der Waals surface area contributed by atoms with Crippen molar-refractivity contribution in [3.8, 4) is 0 Å². The fourth-order valence-corrected chi connectivity index (χ4v) is 2.30. The van der Waals surface area contributed by atoms with Crippen LogP contribution in [0.1, 0.15) is 5.56 Å². The van der Waals surface area contributed by atoms with Gasteiger partial charge in [0.25, 0.3) is 0 Å². The molecular formula is C12H9FN4O3S. The van der Waals surface area contributed by atoms with Crippen molar-refractivity contribution >= 4 is 23.3 Å². The molecule has 0 aliphatic heterocycles. The Morgan fingerprint density at radius 2 is 2.10 bits per heavy atom. The second kappa shape index (κ2) is 6.18. The minimum absolute atomic E-state index is 0.126. The largest absolute Gasteiger partial charge is 0.409 e. The van der Waals surface area contributed by atoms with Crippen LogP contribution < -0.4 is 5.73 Å². The SMILES string of the molecule is N/C(=N/O)c1cnc(Sc2ccc(F)cc2)c([N+](=O)[O-])c1. The van der Waals surface area contributed by atoms with Crippen molar-refractivity contribution < 1.29 is 14.5 Å². The Hall–Kier alpha value is -2.68. The number of oxime groups is 1. The van der Waals surface area contributed by atoms with Gasteiger partial charge in [0.1, 0.15) is 5.82 Å². The number of rotatable bonds is 4. The molecule has 108 valence electrons. The van der Waals surface area contributed by atoms with Crippen LogP contribution in [-0.4, -0.2) is 21.0 Å². The van der Waals surface area contributed by atoms with E-state index in [4.69, 9.17) is 10.9 Å².